The van der Waals surface area contributed by atoms with Crippen LogP contribution in [0.2, 0.25) is 0 Å². The Morgan fingerprint density at radius 3 is 2.48 bits per heavy atom. The van der Waals surface area contributed by atoms with Gasteiger partial charge in [0.15, 0.2) is 12.4 Å². The average Bonchev–Trinajstić information content (AvgIpc) is 3.28. The van der Waals surface area contributed by atoms with Crippen LogP contribution in [-0.4, -0.2) is 44.0 Å². The van der Waals surface area contributed by atoms with Gasteiger partial charge in [-0.1, -0.05) is 0 Å². The molecule has 8 heteroatoms. The van der Waals surface area contributed by atoms with Crippen LogP contribution in [0.1, 0.15) is 36.2 Å². The van der Waals surface area contributed by atoms with Gasteiger partial charge in [-0.3, -0.25) is 14.4 Å². The molecule has 8 nitrogen and oxygen atoms in total. The Morgan fingerprint density at radius 2 is 1.79 bits per heavy atom. The number of nitrogens with zero attached hydrogens (tertiary/aromatic N) is 1. The van der Waals surface area contributed by atoms with Crippen LogP contribution in [0.4, 0.5) is 11.4 Å². The third-order valence-electron chi connectivity index (χ3n) is 4.60. The number of furan rings is 1. The van der Waals surface area contributed by atoms with Crippen molar-refractivity contribution >= 4 is 29.2 Å². The van der Waals surface area contributed by atoms with Crippen LogP contribution < -0.4 is 15.5 Å². The Balaban J connectivity index is 1.33. The fourth-order valence-corrected chi connectivity index (χ4v) is 3.10. The molecule has 1 aliphatic heterocycles. The first-order valence-corrected chi connectivity index (χ1v) is 9.74. The van der Waals surface area contributed by atoms with Gasteiger partial charge in [0.25, 0.3) is 11.8 Å². The van der Waals surface area contributed by atoms with Gasteiger partial charge in [0, 0.05) is 31.0 Å². The van der Waals surface area contributed by atoms with Crippen molar-refractivity contribution in [3.63, 3.8) is 0 Å². The number of piperidine rings is 1. The quantitative estimate of drug-likeness (QED) is 0.662. The molecular weight excluding hydrogens is 374 g/mol. The average molecular weight is 399 g/mol. The highest BCUT2D eigenvalue weighted by Gasteiger charge is 2.12. The van der Waals surface area contributed by atoms with Crippen LogP contribution in [0.15, 0.2) is 47.1 Å². The molecule has 0 bridgehead atoms. The maximum absolute atomic E-state index is 12.0. The summed E-state index contributed by atoms with van der Waals surface area (Å²) in [4.78, 5) is 37.7. The van der Waals surface area contributed by atoms with Crippen molar-refractivity contribution in [1.29, 1.82) is 0 Å². The molecule has 3 rings (SSSR count). The Labute approximate surface area is 169 Å². The van der Waals surface area contributed by atoms with Crippen molar-refractivity contribution in [1.82, 2.24) is 5.32 Å². The van der Waals surface area contributed by atoms with Crippen molar-refractivity contribution in [3.8, 4) is 0 Å². The molecule has 2 heterocycles. The van der Waals surface area contributed by atoms with Crippen LogP contribution in [0.5, 0.6) is 0 Å². The summed E-state index contributed by atoms with van der Waals surface area (Å²) in [6.07, 6.45) is 5.04. The van der Waals surface area contributed by atoms with E-state index in [9.17, 15) is 14.4 Å². The molecule has 154 valence electrons. The second kappa shape index (κ2) is 10.3. The maximum atomic E-state index is 12.0. The van der Waals surface area contributed by atoms with E-state index >= 15 is 0 Å². The summed E-state index contributed by atoms with van der Waals surface area (Å²) >= 11 is 0. The summed E-state index contributed by atoms with van der Waals surface area (Å²) in [6.45, 7) is 1.84. The smallest absolute Gasteiger partial charge is 0.308 e. The van der Waals surface area contributed by atoms with E-state index in [0.29, 0.717) is 5.69 Å². The zero-order chi connectivity index (χ0) is 20.5. The van der Waals surface area contributed by atoms with Gasteiger partial charge in [0.05, 0.1) is 12.7 Å². The monoisotopic (exact) mass is 399 g/mol. The van der Waals surface area contributed by atoms with Crippen molar-refractivity contribution < 1.29 is 23.5 Å². The lowest BCUT2D eigenvalue weighted by atomic mass is 10.1. The van der Waals surface area contributed by atoms with E-state index in [1.54, 1.807) is 6.07 Å². The fraction of sp³-hybridized carbons (Fsp3) is 0.381. The summed E-state index contributed by atoms with van der Waals surface area (Å²) in [5, 5.41) is 5.24. The second-order valence-corrected chi connectivity index (χ2v) is 6.79. The minimum Gasteiger partial charge on any atom is -0.459 e. The predicted molar refractivity (Wildman–Crippen MR) is 108 cm³/mol. The number of hydrogen-bond acceptors (Lipinski definition) is 6. The van der Waals surface area contributed by atoms with Gasteiger partial charge in [-0.2, -0.15) is 0 Å². The number of amides is 2. The van der Waals surface area contributed by atoms with E-state index in [4.69, 9.17) is 9.15 Å². The number of anilines is 2. The zero-order valence-electron chi connectivity index (χ0n) is 16.2. The summed E-state index contributed by atoms with van der Waals surface area (Å²) in [5.41, 5.74) is 1.79. The minimum absolute atomic E-state index is 0.0374. The first kappa shape index (κ1) is 20.4. The molecule has 0 saturated carbocycles. The molecule has 1 aliphatic rings. The Hall–Kier alpha value is -3.29. The number of carbonyl (C=O) groups is 3. The van der Waals surface area contributed by atoms with E-state index in [1.807, 2.05) is 24.3 Å². The molecule has 29 heavy (non-hydrogen) atoms. The van der Waals surface area contributed by atoms with Crippen molar-refractivity contribution in [3.05, 3.63) is 48.4 Å². The molecule has 1 aromatic carbocycles. The van der Waals surface area contributed by atoms with Gasteiger partial charge in [0.1, 0.15) is 0 Å². The Morgan fingerprint density at radius 1 is 1.03 bits per heavy atom. The lowest BCUT2D eigenvalue weighted by molar-refractivity contribution is -0.147. The standard InChI is InChI=1S/C21H25N3O5/c25-19(15-29-20(26)10-11-22-21(27)18-5-4-14-28-18)23-16-6-8-17(9-7-16)24-12-2-1-3-13-24/h4-9,14H,1-3,10-13,15H2,(H,22,27)(H,23,25). The number of carbonyl (C=O) groups excluding carboxylic acids is 3. The molecule has 2 aromatic rings. The molecule has 1 fully saturated rings. The normalized spacial score (nSPS) is 13.6. The summed E-state index contributed by atoms with van der Waals surface area (Å²) < 4.78 is 9.88. The van der Waals surface area contributed by atoms with E-state index in [0.717, 1.165) is 18.8 Å². The fourth-order valence-electron chi connectivity index (χ4n) is 3.10. The van der Waals surface area contributed by atoms with Crippen LogP contribution in [0.25, 0.3) is 0 Å². The number of rotatable bonds is 8. The van der Waals surface area contributed by atoms with Crippen molar-refractivity contribution in [2.24, 2.45) is 0 Å². The number of ether oxygens (including phenoxy) is 1. The number of nitrogens with one attached hydrogen (secondary N) is 2. The molecule has 2 amide bonds. The van der Waals surface area contributed by atoms with Gasteiger partial charge < -0.3 is 24.7 Å². The molecule has 0 aliphatic carbocycles. The largest absolute Gasteiger partial charge is 0.459 e. The molecule has 0 atom stereocenters. The highest BCUT2D eigenvalue weighted by molar-refractivity contribution is 5.93. The van der Waals surface area contributed by atoms with Crippen LogP contribution >= 0.6 is 0 Å². The summed E-state index contributed by atoms with van der Waals surface area (Å²) in [5.74, 6) is -1.22. The van der Waals surface area contributed by atoms with E-state index in [1.165, 1.54) is 31.6 Å². The number of hydrogen-bond donors (Lipinski definition) is 2. The lowest BCUT2D eigenvalue weighted by Crippen LogP contribution is -2.29. The van der Waals surface area contributed by atoms with Gasteiger partial charge in [-0.15, -0.1) is 0 Å². The minimum atomic E-state index is -0.569. The molecule has 1 saturated heterocycles. The highest BCUT2D eigenvalue weighted by atomic mass is 16.5. The Kier molecular flexibility index (Phi) is 7.27. The number of esters is 1. The van der Waals surface area contributed by atoms with E-state index in [-0.39, 0.29) is 25.3 Å². The highest BCUT2D eigenvalue weighted by Crippen LogP contribution is 2.21. The van der Waals surface area contributed by atoms with Crippen molar-refractivity contribution in [2.75, 3.05) is 36.5 Å². The zero-order valence-corrected chi connectivity index (χ0v) is 16.2. The van der Waals surface area contributed by atoms with Crippen molar-refractivity contribution in [2.45, 2.75) is 25.7 Å². The number of benzene rings is 1. The third kappa shape index (κ3) is 6.38. The summed E-state index contributed by atoms with van der Waals surface area (Å²) in [6, 6.07) is 10.8. The first-order chi connectivity index (χ1) is 14.1. The van der Waals surface area contributed by atoms with Gasteiger partial charge in [0.2, 0.25) is 0 Å². The molecule has 1 aromatic heterocycles. The van der Waals surface area contributed by atoms with Crippen LogP contribution in [0, 0.1) is 0 Å². The molecular formula is C21H25N3O5. The summed E-state index contributed by atoms with van der Waals surface area (Å²) in [7, 11) is 0. The van der Waals surface area contributed by atoms with Gasteiger partial charge >= 0.3 is 5.97 Å². The Bertz CT molecular complexity index is 811. The maximum Gasteiger partial charge on any atom is 0.308 e. The third-order valence-corrected chi connectivity index (χ3v) is 4.60. The van der Waals surface area contributed by atoms with Crippen LogP contribution in [-0.2, 0) is 14.3 Å². The molecule has 0 unspecified atom stereocenters. The van der Waals surface area contributed by atoms with Gasteiger partial charge in [-0.25, -0.2) is 0 Å². The second-order valence-electron chi connectivity index (χ2n) is 6.79. The molecule has 0 radical (unpaired) electrons. The molecule has 0 spiro atoms. The lowest BCUT2D eigenvalue weighted by Gasteiger charge is -2.28. The topological polar surface area (TPSA) is 101 Å². The molecule has 2 N–H and O–H groups in total. The SMILES string of the molecule is O=C(COC(=O)CCNC(=O)c1ccco1)Nc1ccc(N2CCCCC2)cc1. The van der Waals surface area contributed by atoms with Gasteiger partial charge in [-0.05, 0) is 55.7 Å². The van der Waals surface area contributed by atoms with E-state index < -0.39 is 17.8 Å². The van der Waals surface area contributed by atoms with E-state index in [2.05, 4.69) is 15.5 Å². The predicted octanol–water partition coefficient (Wildman–Crippen LogP) is 2.57. The first-order valence-electron chi connectivity index (χ1n) is 9.74. The van der Waals surface area contributed by atoms with Crippen LogP contribution in [0.3, 0.4) is 0 Å².